The summed E-state index contributed by atoms with van der Waals surface area (Å²) in [7, 11) is 0. The molecule has 2 aromatic rings. The average molecular weight is 694 g/mol. The summed E-state index contributed by atoms with van der Waals surface area (Å²) in [4.78, 5) is 98.2. The van der Waals surface area contributed by atoms with Crippen molar-refractivity contribution in [3.63, 3.8) is 0 Å². The fourth-order valence-corrected chi connectivity index (χ4v) is 5.27. The summed E-state index contributed by atoms with van der Waals surface area (Å²) in [5.74, 6) is -3.85. The first kappa shape index (κ1) is 37.2. The molecular formula is C33H43N9O8. The largest absolute Gasteiger partial charge is 0.469 e. The van der Waals surface area contributed by atoms with Crippen molar-refractivity contribution >= 4 is 41.4 Å². The molecule has 2 aromatic heterocycles. The molecule has 0 saturated heterocycles. The quantitative estimate of drug-likeness (QED) is 0.148. The molecule has 0 radical (unpaired) electrons. The number of amides is 7. The first-order valence-electron chi connectivity index (χ1n) is 16.6. The zero-order valence-corrected chi connectivity index (χ0v) is 27.5. The molecule has 4 rings (SSSR count). The van der Waals surface area contributed by atoms with Gasteiger partial charge < -0.3 is 42.1 Å². The maximum atomic E-state index is 13.8. The van der Waals surface area contributed by atoms with Crippen molar-refractivity contribution in [2.45, 2.75) is 82.0 Å². The molecular weight excluding hydrogens is 650 g/mol. The van der Waals surface area contributed by atoms with Gasteiger partial charge in [0.25, 0.3) is 5.91 Å². The average Bonchev–Trinajstić information content (AvgIpc) is 3.77. The molecule has 3 heterocycles. The molecule has 2 aliphatic rings. The van der Waals surface area contributed by atoms with E-state index in [0.717, 1.165) is 25.0 Å². The van der Waals surface area contributed by atoms with E-state index >= 15 is 0 Å². The van der Waals surface area contributed by atoms with Crippen LogP contribution in [0.3, 0.4) is 0 Å². The van der Waals surface area contributed by atoms with E-state index in [1.165, 1.54) is 24.9 Å². The highest BCUT2D eigenvalue weighted by Gasteiger charge is 2.34. The van der Waals surface area contributed by atoms with Gasteiger partial charge in [-0.15, -0.1) is 0 Å². The van der Waals surface area contributed by atoms with Crippen molar-refractivity contribution in [3.05, 3.63) is 60.6 Å². The summed E-state index contributed by atoms with van der Waals surface area (Å²) in [6.07, 6.45) is 10.9. The third-order valence-electron chi connectivity index (χ3n) is 8.17. The van der Waals surface area contributed by atoms with Gasteiger partial charge >= 0.3 is 0 Å². The smallest absolute Gasteiger partial charge is 0.271 e. The van der Waals surface area contributed by atoms with Gasteiger partial charge in [0.1, 0.15) is 35.6 Å². The molecule has 17 nitrogen and oxygen atoms in total. The van der Waals surface area contributed by atoms with Gasteiger partial charge in [-0.3, -0.25) is 38.5 Å². The molecule has 7 amide bonds. The van der Waals surface area contributed by atoms with Crippen LogP contribution in [0.1, 0.15) is 67.6 Å². The van der Waals surface area contributed by atoms with Gasteiger partial charge in [0.15, 0.2) is 0 Å². The predicted molar refractivity (Wildman–Crippen MR) is 176 cm³/mol. The molecule has 1 saturated carbocycles. The monoisotopic (exact) mass is 693 g/mol. The first-order chi connectivity index (χ1) is 24.1. The number of primary amides is 1. The number of hydrogen-bond donors (Lipinski definition) is 7. The van der Waals surface area contributed by atoms with Crippen molar-refractivity contribution in [3.8, 4) is 0 Å². The SMILES string of the molecule is NC(=O)[C@@H]1CCCCNC(=O)[C@H](CCCNC(=O)c2cnccn2)NC(=O)[C@H](Cc2ccco2)NC(=O)[C@H](CC2CC2)NC(=O)/C=C/C(=O)N1. The first-order valence-corrected chi connectivity index (χ1v) is 16.6. The fourth-order valence-electron chi connectivity index (χ4n) is 5.27. The molecule has 0 spiro atoms. The lowest BCUT2D eigenvalue weighted by Crippen LogP contribution is -2.57. The van der Waals surface area contributed by atoms with Crippen LogP contribution in [0.25, 0.3) is 0 Å². The van der Waals surface area contributed by atoms with Crippen molar-refractivity contribution in [2.75, 3.05) is 13.1 Å². The van der Waals surface area contributed by atoms with Gasteiger partial charge in [-0.25, -0.2) is 4.98 Å². The topological polar surface area (TPSA) is 257 Å². The standard InChI is InChI=1S/C33H43N9O8/c34-29(45)22-6-1-2-12-37-30(46)23(7-3-13-38-31(47)26-19-35-14-15-36-26)41-33(49)25(18-21-5-4-16-50-21)42-32(48)24(17-20-8-9-20)40-28(44)11-10-27(43)39-22/h4-5,10-11,14-16,19-20,22-25H,1-3,6-9,12-13,17-18H2,(H2,34,45)(H,37,46)(H,38,47)(H,39,43)(H,40,44)(H,41,49)(H,42,48)/b11-10+/t22-,23-,24-,25-/m0/s1. The van der Waals surface area contributed by atoms with Crippen molar-refractivity contribution < 1.29 is 38.0 Å². The Morgan fingerprint density at radius 2 is 1.62 bits per heavy atom. The van der Waals surface area contributed by atoms with Crippen LogP contribution in [0.4, 0.5) is 0 Å². The number of rotatable bonds is 10. The van der Waals surface area contributed by atoms with Crippen LogP contribution in [-0.4, -0.2) is 88.6 Å². The molecule has 1 aliphatic heterocycles. The maximum absolute atomic E-state index is 13.8. The molecule has 17 heteroatoms. The van der Waals surface area contributed by atoms with Gasteiger partial charge in [-0.2, -0.15) is 0 Å². The van der Waals surface area contributed by atoms with E-state index in [9.17, 15) is 33.6 Å². The van der Waals surface area contributed by atoms with Crippen LogP contribution in [0.2, 0.25) is 0 Å². The second kappa shape index (κ2) is 18.8. The summed E-state index contributed by atoms with van der Waals surface area (Å²) < 4.78 is 5.44. The predicted octanol–water partition coefficient (Wildman–Crippen LogP) is -1.10. The van der Waals surface area contributed by atoms with E-state index in [4.69, 9.17) is 10.2 Å². The lowest BCUT2D eigenvalue weighted by molar-refractivity contribution is -0.133. The van der Waals surface area contributed by atoms with Crippen LogP contribution >= 0.6 is 0 Å². The number of hydrogen-bond acceptors (Lipinski definition) is 10. The highest BCUT2D eigenvalue weighted by atomic mass is 16.3. The number of nitrogens with one attached hydrogen (secondary N) is 6. The molecule has 1 aliphatic carbocycles. The van der Waals surface area contributed by atoms with Crippen molar-refractivity contribution in [1.82, 2.24) is 41.9 Å². The Kier molecular flexibility index (Phi) is 14.0. The number of aromatic nitrogens is 2. The summed E-state index contributed by atoms with van der Waals surface area (Å²) in [6, 6.07) is -1.01. The normalized spacial score (nSPS) is 23.6. The van der Waals surface area contributed by atoms with E-state index in [1.54, 1.807) is 12.1 Å². The molecule has 0 aromatic carbocycles. The van der Waals surface area contributed by atoms with E-state index in [2.05, 4.69) is 41.9 Å². The van der Waals surface area contributed by atoms with Gasteiger partial charge in [0, 0.05) is 44.1 Å². The van der Waals surface area contributed by atoms with E-state index in [-0.39, 0.29) is 44.0 Å². The minimum atomic E-state index is -1.18. The number of furan rings is 1. The lowest BCUT2D eigenvalue weighted by atomic mass is 10.1. The van der Waals surface area contributed by atoms with Gasteiger partial charge in [-0.1, -0.05) is 12.8 Å². The third kappa shape index (κ3) is 12.4. The van der Waals surface area contributed by atoms with E-state index < -0.39 is 65.5 Å². The Labute approximate surface area is 288 Å². The van der Waals surface area contributed by atoms with E-state index in [0.29, 0.717) is 31.4 Å². The third-order valence-corrected chi connectivity index (χ3v) is 8.17. The molecule has 1 fully saturated rings. The van der Waals surface area contributed by atoms with Gasteiger partial charge in [-0.05, 0) is 56.6 Å². The summed E-state index contributed by atoms with van der Waals surface area (Å²) >= 11 is 0. The molecule has 4 atom stereocenters. The molecule has 8 N–H and O–H groups in total. The Morgan fingerprint density at radius 1 is 0.880 bits per heavy atom. The highest BCUT2D eigenvalue weighted by molar-refractivity contribution is 6.00. The van der Waals surface area contributed by atoms with Gasteiger partial charge in [0.2, 0.25) is 35.4 Å². The van der Waals surface area contributed by atoms with Crippen LogP contribution < -0.4 is 37.6 Å². The number of nitrogens with two attached hydrogens (primary N) is 1. The Hall–Kier alpha value is -5.61. The maximum Gasteiger partial charge on any atom is 0.271 e. The van der Waals surface area contributed by atoms with Crippen LogP contribution in [0.15, 0.2) is 53.6 Å². The van der Waals surface area contributed by atoms with E-state index in [1.807, 2.05) is 0 Å². The zero-order valence-electron chi connectivity index (χ0n) is 27.5. The fraction of sp³-hybridized carbons (Fsp3) is 0.485. The van der Waals surface area contributed by atoms with Crippen LogP contribution in [0.5, 0.6) is 0 Å². The molecule has 50 heavy (non-hydrogen) atoms. The molecule has 0 unspecified atom stereocenters. The number of carbonyl (C=O) groups is 7. The lowest BCUT2D eigenvalue weighted by Gasteiger charge is -2.25. The van der Waals surface area contributed by atoms with Crippen molar-refractivity contribution in [2.24, 2.45) is 11.7 Å². The van der Waals surface area contributed by atoms with Crippen LogP contribution in [-0.2, 0) is 35.2 Å². The Morgan fingerprint density at radius 3 is 2.30 bits per heavy atom. The minimum absolute atomic E-state index is 0.0434. The molecule has 0 bridgehead atoms. The second-order valence-electron chi connectivity index (χ2n) is 12.2. The summed E-state index contributed by atoms with van der Waals surface area (Å²) in [5.41, 5.74) is 5.59. The summed E-state index contributed by atoms with van der Waals surface area (Å²) in [6.45, 7) is 0.350. The number of carbonyl (C=O) groups excluding carboxylic acids is 7. The Bertz CT molecular complexity index is 1530. The summed E-state index contributed by atoms with van der Waals surface area (Å²) in [5, 5.41) is 16.0. The second-order valence-corrected chi connectivity index (χ2v) is 12.2. The zero-order chi connectivity index (χ0) is 35.9. The van der Waals surface area contributed by atoms with Crippen LogP contribution in [0, 0.1) is 5.92 Å². The minimum Gasteiger partial charge on any atom is -0.469 e. The molecule has 268 valence electrons. The van der Waals surface area contributed by atoms with Gasteiger partial charge in [0.05, 0.1) is 12.5 Å². The highest BCUT2D eigenvalue weighted by Crippen LogP contribution is 2.33. The number of nitrogens with zero attached hydrogens (tertiary/aromatic N) is 2. The Balaban J connectivity index is 1.52. The van der Waals surface area contributed by atoms with Crippen molar-refractivity contribution in [1.29, 1.82) is 0 Å².